The van der Waals surface area contributed by atoms with E-state index in [1.807, 2.05) is 23.9 Å². The highest BCUT2D eigenvalue weighted by Crippen LogP contribution is 2.36. The fourth-order valence-electron chi connectivity index (χ4n) is 3.14. The molecule has 3 nitrogen and oxygen atoms in total. The number of thioether (sulfide) groups is 1. The topological polar surface area (TPSA) is 25.4 Å². The summed E-state index contributed by atoms with van der Waals surface area (Å²) < 4.78 is 6.33. The lowest BCUT2D eigenvalue weighted by Crippen LogP contribution is -2.19. The summed E-state index contributed by atoms with van der Waals surface area (Å²) in [7, 11) is 1.69. The molecule has 30 heavy (non-hydrogen) atoms. The van der Waals surface area contributed by atoms with Gasteiger partial charge in [-0.05, 0) is 58.1 Å². The molecule has 0 bridgehead atoms. The first kappa shape index (κ1) is 21.2. The third-order valence-electron chi connectivity index (χ3n) is 4.83. The molecule has 6 heteroatoms. The molecule has 1 aliphatic rings. The van der Waals surface area contributed by atoms with Crippen LogP contribution in [0.1, 0.15) is 16.8 Å². The Balaban J connectivity index is 1.32. The van der Waals surface area contributed by atoms with Crippen molar-refractivity contribution in [3.8, 4) is 5.75 Å². The highest BCUT2D eigenvalue weighted by atomic mass is 79.9. The molecule has 2 heterocycles. The van der Waals surface area contributed by atoms with Crippen LogP contribution in [0.5, 0.6) is 5.75 Å². The van der Waals surface area contributed by atoms with Gasteiger partial charge in [0.15, 0.2) is 5.13 Å². The summed E-state index contributed by atoms with van der Waals surface area (Å²) in [6.07, 6.45) is 6.41. The average molecular weight is 499 g/mol. The van der Waals surface area contributed by atoms with Gasteiger partial charge in [-0.1, -0.05) is 42.5 Å². The minimum absolute atomic E-state index is 0.839. The zero-order valence-electron chi connectivity index (χ0n) is 16.8. The molecule has 2 aromatic carbocycles. The number of benzene rings is 2. The van der Waals surface area contributed by atoms with Crippen molar-refractivity contribution in [2.24, 2.45) is 0 Å². The number of ether oxygens (including phenoxy) is 1. The van der Waals surface area contributed by atoms with Gasteiger partial charge >= 0.3 is 0 Å². The fraction of sp³-hybridized carbons (Fsp3) is 0.208. The van der Waals surface area contributed by atoms with E-state index >= 15 is 0 Å². The lowest BCUT2D eigenvalue weighted by atomic mass is 10.1. The molecule has 154 valence electrons. The molecule has 0 amide bonds. The highest BCUT2D eigenvalue weighted by molar-refractivity contribution is 9.12. The maximum absolute atomic E-state index is 5.23. The van der Waals surface area contributed by atoms with Crippen molar-refractivity contribution in [2.45, 2.75) is 18.6 Å². The van der Waals surface area contributed by atoms with E-state index in [4.69, 9.17) is 9.72 Å². The molecule has 0 radical (unpaired) electrons. The second-order valence-corrected chi connectivity index (χ2v) is 9.65. The Kier molecular flexibility index (Phi) is 7.31. The van der Waals surface area contributed by atoms with E-state index in [0.717, 1.165) is 46.2 Å². The Labute approximate surface area is 194 Å². The van der Waals surface area contributed by atoms with Crippen LogP contribution < -0.4 is 9.64 Å². The van der Waals surface area contributed by atoms with Crippen LogP contribution in [-0.4, -0.2) is 18.6 Å². The molecule has 0 atom stereocenters. The Morgan fingerprint density at radius 2 is 1.87 bits per heavy atom. The molecule has 0 fully saturated rings. The lowest BCUT2D eigenvalue weighted by molar-refractivity contribution is 0.414. The smallest absolute Gasteiger partial charge is 0.189 e. The molecule has 4 rings (SSSR count). The fourth-order valence-corrected chi connectivity index (χ4v) is 5.63. The molecule has 0 N–H and O–H groups in total. The number of thiazole rings is 1. The molecule has 3 aromatic rings. The summed E-state index contributed by atoms with van der Waals surface area (Å²) >= 11 is 7.30. The SMILES string of the molecule is COc1ccc(CSC2=CCN(c3nc(CCc4ccccc4)cs3)C=C2Br)cc1. The monoisotopic (exact) mass is 498 g/mol. The summed E-state index contributed by atoms with van der Waals surface area (Å²) in [6.45, 7) is 0.839. The van der Waals surface area contributed by atoms with Gasteiger partial charge < -0.3 is 9.64 Å². The molecular weight excluding hydrogens is 476 g/mol. The van der Waals surface area contributed by atoms with E-state index in [2.05, 4.69) is 81.0 Å². The quantitative estimate of drug-likeness (QED) is 0.340. The first-order chi connectivity index (χ1) is 14.7. The molecule has 0 saturated heterocycles. The Morgan fingerprint density at radius 1 is 1.07 bits per heavy atom. The maximum atomic E-state index is 5.23. The van der Waals surface area contributed by atoms with E-state index in [1.165, 1.54) is 16.0 Å². The summed E-state index contributed by atoms with van der Waals surface area (Å²) in [5.74, 6) is 1.82. The second kappa shape index (κ2) is 10.3. The molecule has 0 spiro atoms. The number of allylic oxidation sites excluding steroid dienone is 1. The first-order valence-corrected chi connectivity index (χ1v) is 12.5. The maximum Gasteiger partial charge on any atom is 0.189 e. The first-order valence-electron chi connectivity index (χ1n) is 9.80. The van der Waals surface area contributed by atoms with Crippen LogP contribution in [0, 0.1) is 0 Å². The molecule has 1 aliphatic heterocycles. The number of halogens is 1. The number of aryl methyl sites for hydroxylation is 2. The Bertz CT molecular complexity index is 1030. The summed E-state index contributed by atoms with van der Waals surface area (Å²) in [5, 5.41) is 3.22. The van der Waals surface area contributed by atoms with Crippen LogP contribution in [0.2, 0.25) is 0 Å². The van der Waals surface area contributed by atoms with Crippen molar-refractivity contribution in [3.63, 3.8) is 0 Å². The van der Waals surface area contributed by atoms with Gasteiger partial charge in [0.2, 0.25) is 0 Å². The molecule has 0 unspecified atom stereocenters. The van der Waals surface area contributed by atoms with Gasteiger partial charge in [-0.2, -0.15) is 0 Å². The summed E-state index contributed by atoms with van der Waals surface area (Å²) in [4.78, 5) is 8.32. The van der Waals surface area contributed by atoms with Gasteiger partial charge in [-0.3, -0.25) is 0 Å². The van der Waals surface area contributed by atoms with Gasteiger partial charge in [0, 0.05) is 33.3 Å². The Morgan fingerprint density at radius 3 is 2.60 bits per heavy atom. The highest BCUT2D eigenvalue weighted by Gasteiger charge is 2.16. The van der Waals surface area contributed by atoms with Crippen molar-refractivity contribution in [1.29, 1.82) is 0 Å². The van der Waals surface area contributed by atoms with Crippen molar-refractivity contribution in [3.05, 3.63) is 98.5 Å². The number of hydrogen-bond acceptors (Lipinski definition) is 5. The normalized spacial score (nSPS) is 13.7. The number of hydrogen-bond donors (Lipinski definition) is 0. The number of nitrogens with zero attached hydrogens (tertiary/aromatic N) is 2. The minimum Gasteiger partial charge on any atom is -0.497 e. The van der Waals surface area contributed by atoms with Gasteiger partial charge in [0.25, 0.3) is 0 Å². The average Bonchev–Trinajstić information content (AvgIpc) is 3.27. The third-order valence-corrected chi connectivity index (χ3v) is 7.83. The molecule has 0 saturated carbocycles. The minimum atomic E-state index is 0.839. The van der Waals surface area contributed by atoms with Crippen molar-refractivity contribution < 1.29 is 4.74 Å². The summed E-state index contributed by atoms with van der Waals surface area (Å²) in [5.41, 5.74) is 3.80. The standard InChI is InChI=1S/C24H23BrN2OS2/c1-28-21-11-8-19(9-12-21)16-29-23-13-14-27(15-22(23)25)24-26-20(17-30-24)10-7-18-5-3-2-4-6-18/h2-6,8-9,11-13,15,17H,7,10,14,16H2,1H3. The van der Waals surface area contributed by atoms with Crippen LogP contribution >= 0.6 is 39.0 Å². The van der Waals surface area contributed by atoms with Crippen molar-refractivity contribution >= 4 is 44.2 Å². The predicted molar refractivity (Wildman–Crippen MR) is 133 cm³/mol. The molecule has 1 aromatic heterocycles. The summed E-state index contributed by atoms with van der Waals surface area (Å²) in [6, 6.07) is 18.8. The van der Waals surface area contributed by atoms with Gasteiger partial charge in [0.1, 0.15) is 5.75 Å². The van der Waals surface area contributed by atoms with E-state index in [-0.39, 0.29) is 0 Å². The third kappa shape index (κ3) is 5.56. The zero-order valence-corrected chi connectivity index (χ0v) is 20.0. The van der Waals surface area contributed by atoms with Crippen LogP contribution in [0.4, 0.5) is 5.13 Å². The van der Waals surface area contributed by atoms with Gasteiger partial charge in [-0.15, -0.1) is 23.1 Å². The van der Waals surface area contributed by atoms with Crippen LogP contribution in [-0.2, 0) is 18.6 Å². The Hall–Kier alpha value is -2.02. The van der Waals surface area contributed by atoms with E-state index < -0.39 is 0 Å². The zero-order chi connectivity index (χ0) is 20.8. The molecule has 0 aliphatic carbocycles. The largest absolute Gasteiger partial charge is 0.497 e. The number of aromatic nitrogens is 1. The van der Waals surface area contributed by atoms with Crippen molar-refractivity contribution in [1.82, 2.24) is 4.98 Å². The van der Waals surface area contributed by atoms with Gasteiger partial charge in [0.05, 0.1) is 12.8 Å². The van der Waals surface area contributed by atoms with Crippen molar-refractivity contribution in [2.75, 3.05) is 18.6 Å². The van der Waals surface area contributed by atoms with E-state index in [1.54, 1.807) is 18.4 Å². The van der Waals surface area contributed by atoms with Crippen LogP contribution in [0.15, 0.2) is 81.6 Å². The predicted octanol–water partition coefficient (Wildman–Crippen LogP) is 6.81. The van der Waals surface area contributed by atoms with E-state index in [0.29, 0.717) is 0 Å². The number of anilines is 1. The second-order valence-electron chi connectivity index (χ2n) is 6.94. The van der Waals surface area contributed by atoms with Crippen LogP contribution in [0.3, 0.4) is 0 Å². The number of rotatable bonds is 8. The molecular formula is C24H23BrN2OS2. The number of methoxy groups -OCH3 is 1. The van der Waals surface area contributed by atoms with Crippen LogP contribution in [0.25, 0.3) is 0 Å². The van der Waals surface area contributed by atoms with Gasteiger partial charge in [-0.25, -0.2) is 4.98 Å². The van der Waals surface area contributed by atoms with E-state index in [9.17, 15) is 0 Å². The lowest BCUT2D eigenvalue weighted by Gasteiger charge is -2.22.